The first-order valence-corrected chi connectivity index (χ1v) is 6.78. The van der Waals surface area contributed by atoms with Crippen LogP contribution in [0, 0.1) is 5.92 Å². The molecule has 0 aromatic carbocycles. The molecule has 1 heterocycles. The van der Waals surface area contributed by atoms with Gasteiger partial charge in [0.25, 0.3) is 0 Å². The lowest BCUT2D eigenvalue weighted by Gasteiger charge is -2.25. The summed E-state index contributed by atoms with van der Waals surface area (Å²) < 4.78 is 6.60. The fraction of sp³-hybridized carbons (Fsp3) is 0.636. The van der Waals surface area contributed by atoms with Crippen molar-refractivity contribution in [3.63, 3.8) is 0 Å². The number of hydrazine groups is 1. The second-order valence-electron chi connectivity index (χ2n) is 4.04. The molecule has 1 saturated carbocycles. The molecule has 90 valence electrons. The summed E-state index contributed by atoms with van der Waals surface area (Å²) >= 11 is 7.51. The lowest BCUT2D eigenvalue weighted by Crippen LogP contribution is -2.38. The summed E-state index contributed by atoms with van der Waals surface area (Å²) in [5, 5.41) is 0. The molecule has 0 saturated heterocycles. The highest BCUT2D eigenvalue weighted by atomic mass is 35.5. The summed E-state index contributed by atoms with van der Waals surface area (Å²) in [5.74, 6) is 6.29. The fourth-order valence-electron chi connectivity index (χ4n) is 1.96. The van der Waals surface area contributed by atoms with Gasteiger partial charge in [-0.05, 0) is 37.8 Å². The zero-order valence-corrected chi connectivity index (χ0v) is 10.9. The number of rotatable bonds is 6. The Bertz CT molecular complexity index is 340. The number of halogens is 1. The third-order valence-electron chi connectivity index (χ3n) is 2.85. The Labute approximate surface area is 105 Å². The third kappa shape index (κ3) is 2.76. The molecule has 1 aliphatic rings. The van der Waals surface area contributed by atoms with Crippen molar-refractivity contribution in [1.29, 1.82) is 0 Å². The topological polar surface area (TPSA) is 47.3 Å². The van der Waals surface area contributed by atoms with Gasteiger partial charge in [-0.2, -0.15) is 0 Å². The standard InChI is InChI=1S/C11H17ClN2OS/c1-2-15-11(7-3-4-7)10(14-13)8-5-6-9(12)16-8/h5-7,10-11,14H,2-4,13H2,1H3. The molecule has 1 aromatic heterocycles. The first-order valence-electron chi connectivity index (χ1n) is 5.59. The Morgan fingerprint density at radius 2 is 2.38 bits per heavy atom. The van der Waals surface area contributed by atoms with Crippen LogP contribution >= 0.6 is 22.9 Å². The van der Waals surface area contributed by atoms with Crippen LogP contribution in [0.15, 0.2) is 12.1 Å². The number of thiophene rings is 1. The normalized spacial score (nSPS) is 19.7. The van der Waals surface area contributed by atoms with Crippen LogP contribution in [0.4, 0.5) is 0 Å². The SMILES string of the molecule is CCOC(C1CC1)C(NN)c1ccc(Cl)s1. The molecule has 0 bridgehead atoms. The number of nitrogens with two attached hydrogens (primary N) is 1. The predicted octanol–water partition coefficient (Wildman–Crippen LogP) is 2.72. The van der Waals surface area contributed by atoms with Gasteiger partial charge >= 0.3 is 0 Å². The van der Waals surface area contributed by atoms with Crippen molar-refractivity contribution in [3.8, 4) is 0 Å². The average Bonchev–Trinajstić information content (AvgIpc) is 3.02. The van der Waals surface area contributed by atoms with Crippen LogP contribution in [0.2, 0.25) is 4.34 Å². The lowest BCUT2D eigenvalue weighted by atomic mass is 10.1. The van der Waals surface area contributed by atoms with Gasteiger partial charge in [0.1, 0.15) is 0 Å². The van der Waals surface area contributed by atoms with E-state index < -0.39 is 0 Å². The zero-order valence-electron chi connectivity index (χ0n) is 9.28. The van der Waals surface area contributed by atoms with Crippen LogP contribution in [0.25, 0.3) is 0 Å². The van der Waals surface area contributed by atoms with Crippen LogP contribution in [0.5, 0.6) is 0 Å². The predicted molar refractivity (Wildman–Crippen MR) is 67.5 cm³/mol. The van der Waals surface area contributed by atoms with Crippen molar-refractivity contribution in [2.75, 3.05) is 6.61 Å². The highest BCUT2D eigenvalue weighted by molar-refractivity contribution is 7.16. The van der Waals surface area contributed by atoms with E-state index in [4.69, 9.17) is 22.2 Å². The van der Waals surface area contributed by atoms with E-state index in [2.05, 4.69) is 5.43 Å². The maximum Gasteiger partial charge on any atom is 0.0931 e. The van der Waals surface area contributed by atoms with Gasteiger partial charge in [0, 0.05) is 11.5 Å². The molecule has 3 nitrogen and oxygen atoms in total. The first kappa shape index (κ1) is 12.3. The Balaban J connectivity index is 2.12. The summed E-state index contributed by atoms with van der Waals surface area (Å²) in [6.45, 7) is 2.74. The van der Waals surface area contributed by atoms with E-state index in [9.17, 15) is 0 Å². The average molecular weight is 261 g/mol. The van der Waals surface area contributed by atoms with E-state index in [1.54, 1.807) is 11.3 Å². The molecule has 0 spiro atoms. The Kier molecular flexibility index (Phi) is 4.21. The second kappa shape index (κ2) is 5.47. The molecule has 0 aliphatic heterocycles. The largest absolute Gasteiger partial charge is 0.376 e. The molecular formula is C11H17ClN2OS. The van der Waals surface area contributed by atoms with Gasteiger partial charge in [-0.1, -0.05) is 11.6 Å². The van der Waals surface area contributed by atoms with E-state index >= 15 is 0 Å². The van der Waals surface area contributed by atoms with Gasteiger partial charge in [-0.3, -0.25) is 5.84 Å². The van der Waals surface area contributed by atoms with Crippen molar-refractivity contribution in [2.45, 2.75) is 31.9 Å². The van der Waals surface area contributed by atoms with Crippen LogP contribution in [0.1, 0.15) is 30.7 Å². The van der Waals surface area contributed by atoms with Gasteiger partial charge in [0.05, 0.1) is 16.5 Å². The van der Waals surface area contributed by atoms with Gasteiger partial charge in [-0.15, -0.1) is 11.3 Å². The molecule has 3 N–H and O–H groups in total. The van der Waals surface area contributed by atoms with Crippen molar-refractivity contribution in [1.82, 2.24) is 5.43 Å². The van der Waals surface area contributed by atoms with Gasteiger partial charge in [0.2, 0.25) is 0 Å². The fourth-order valence-corrected chi connectivity index (χ4v) is 3.11. The third-order valence-corrected chi connectivity index (χ3v) is 4.17. The van der Waals surface area contributed by atoms with Crippen LogP contribution in [-0.4, -0.2) is 12.7 Å². The van der Waals surface area contributed by atoms with E-state index in [0.717, 1.165) is 15.8 Å². The lowest BCUT2D eigenvalue weighted by molar-refractivity contribution is 0.0194. The monoisotopic (exact) mass is 260 g/mol. The van der Waals surface area contributed by atoms with Crippen molar-refractivity contribution < 1.29 is 4.74 Å². The number of hydrogen-bond acceptors (Lipinski definition) is 4. The van der Waals surface area contributed by atoms with E-state index in [1.165, 1.54) is 12.8 Å². The van der Waals surface area contributed by atoms with E-state index in [-0.39, 0.29) is 12.1 Å². The smallest absolute Gasteiger partial charge is 0.0931 e. The molecule has 5 heteroatoms. The molecular weight excluding hydrogens is 244 g/mol. The second-order valence-corrected chi connectivity index (χ2v) is 5.79. The van der Waals surface area contributed by atoms with Crippen molar-refractivity contribution >= 4 is 22.9 Å². The van der Waals surface area contributed by atoms with Gasteiger partial charge in [0.15, 0.2) is 0 Å². The van der Waals surface area contributed by atoms with Crippen molar-refractivity contribution in [3.05, 3.63) is 21.3 Å². The van der Waals surface area contributed by atoms with Crippen LogP contribution < -0.4 is 11.3 Å². The summed E-state index contributed by atoms with van der Waals surface area (Å²) in [4.78, 5) is 1.15. The minimum atomic E-state index is 0.0601. The van der Waals surface area contributed by atoms with Crippen LogP contribution in [-0.2, 0) is 4.74 Å². The minimum Gasteiger partial charge on any atom is -0.376 e. The molecule has 0 amide bonds. The Morgan fingerprint density at radius 1 is 1.62 bits per heavy atom. The molecule has 2 unspecified atom stereocenters. The quantitative estimate of drug-likeness (QED) is 0.611. The number of hydrogen-bond donors (Lipinski definition) is 2. The molecule has 16 heavy (non-hydrogen) atoms. The molecule has 2 atom stereocenters. The highest BCUT2D eigenvalue weighted by Crippen LogP contribution is 2.41. The summed E-state index contributed by atoms with van der Waals surface area (Å²) in [7, 11) is 0. The summed E-state index contributed by atoms with van der Waals surface area (Å²) in [6.07, 6.45) is 2.65. The maximum atomic E-state index is 5.95. The van der Waals surface area contributed by atoms with Gasteiger partial charge < -0.3 is 4.74 Å². The summed E-state index contributed by atoms with van der Waals surface area (Å²) in [5.41, 5.74) is 2.86. The number of nitrogens with one attached hydrogen (secondary N) is 1. The molecule has 0 radical (unpaired) electrons. The molecule has 1 aromatic rings. The minimum absolute atomic E-state index is 0.0601. The Hall–Kier alpha value is -0.130. The van der Waals surface area contributed by atoms with E-state index in [0.29, 0.717) is 5.92 Å². The molecule has 1 aliphatic carbocycles. The Morgan fingerprint density at radius 3 is 2.81 bits per heavy atom. The van der Waals surface area contributed by atoms with Gasteiger partial charge in [-0.25, -0.2) is 5.43 Å². The number of ether oxygens (including phenoxy) is 1. The zero-order chi connectivity index (χ0) is 11.5. The maximum absolute atomic E-state index is 5.95. The first-order chi connectivity index (χ1) is 7.76. The van der Waals surface area contributed by atoms with Crippen LogP contribution in [0.3, 0.4) is 0 Å². The van der Waals surface area contributed by atoms with Crippen molar-refractivity contribution in [2.24, 2.45) is 11.8 Å². The highest BCUT2D eigenvalue weighted by Gasteiger charge is 2.38. The van der Waals surface area contributed by atoms with E-state index in [1.807, 2.05) is 19.1 Å². The summed E-state index contributed by atoms with van der Waals surface area (Å²) in [6, 6.07) is 3.98. The molecule has 1 fully saturated rings. The molecule has 2 rings (SSSR count).